The van der Waals surface area contributed by atoms with Gasteiger partial charge in [-0.15, -0.1) is 0 Å². The van der Waals surface area contributed by atoms with E-state index in [4.69, 9.17) is 0 Å². The summed E-state index contributed by atoms with van der Waals surface area (Å²) in [5, 5.41) is 36.0. The second-order valence-electron chi connectivity index (χ2n) is 1.21. The van der Waals surface area contributed by atoms with E-state index in [1.165, 1.54) is 7.05 Å². The Kier molecular flexibility index (Phi) is 8.47. The minimum Gasteiger partial charge on any atom is -0.303 e. The maximum atomic E-state index is 4.58. The van der Waals surface area contributed by atoms with Gasteiger partial charge < -0.3 is 5.84 Å². The highest BCUT2D eigenvalue weighted by atomic mass is 15.7. The molecule has 0 rings (SSSR count). The molecule has 0 spiro atoms. The molecular formula is CH5N13. The summed E-state index contributed by atoms with van der Waals surface area (Å²) in [6.07, 6.45) is 0. The predicted octanol–water partition coefficient (Wildman–Crippen LogP) is 1.78. The van der Waals surface area contributed by atoms with E-state index in [0.717, 1.165) is 0 Å². The van der Waals surface area contributed by atoms with Crippen LogP contribution in [0.4, 0.5) is 0 Å². The first-order valence-electron chi connectivity index (χ1n) is 2.91. The quantitative estimate of drug-likeness (QED) is 0.396. The third kappa shape index (κ3) is 9.40. The largest absolute Gasteiger partial charge is 0.303 e. The van der Waals surface area contributed by atoms with Gasteiger partial charge in [-0.1, -0.05) is 5.22 Å². The molecule has 0 aromatic heterocycles. The monoisotopic (exact) mass is 199 g/mol. The topological polar surface area (TPSA) is 174 Å². The van der Waals surface area contributed by atoms with E-state index < -0.39 is 0 Å². The zero-order valence-electron chi connectivity index (χ0n) is 6.94. The van der Waals surface area contributed by atoms with Crippen molar-refractivity contribution >= 4 is 0 Å². The van der Waals surface area contributed by atoms with Gasteiger partial charge >= 0.3 is 0 Å². The second-order valence-corrected chi connectivity index (χ2v) is 1.21. The van der Waals surface area contributed by atoms with Crippen LogP contribution in [0.3, 0.4) is 0 Å². The molecule has 13 heteroatoms. The first-order chi connectivity index (χ1) is 6.91. The number of rotatable bonds is 5. The van der Waals surface area contributed by atoms with E-state index in [1.807, 2.05) is 0 Å². The van der Waals surface area contributed by atoms with E-state index in [0.29, 0.717) is 0 Å². The molecule has 0 saturated heterocycles. The van der Waals surface area contributed by atoms with Crippen LogP contribution in [0.1, 0.15) is 0 Å². The van der Waals surface area contributed by atoms with Crippen molar-refractivity contribution in [3.63, 3.8) is 0 Å². The third-order valence-electron chi connectivity index (χ3n) is 0.501. The van der Waals surface area contributed by atoms with Gasteiger partial charge in [0.15, 0.2) is 0 Å². The number of nitrogens with two attached hydrogens (primary N) is 1. The predicted molar refractivity (Wildman–Crippen MR) is 39.2 cm³/mol. The Morgan fingerprint density at radius 2 is 0.929 bits per heavy atom. The van der Waals surface area contributed by atoms with Gasteiger partial charge in [0.1, 0.15) is 0 Å². The molecule has 74 valence electrons. The van der Waals surface area contributed by atoms with E-state index >= 15 is 0 Å². The Morgan fingerprint density at radius 1 is 0.571 bits per heavy atom. The first-order valence-corrected chi connectivity index (χ1v) is 2.91. The summed E-state index contributed by atoms with van der Waals surface area (Å²) in [7, 11) is 1.42. The van der Waals surface area contributed by atoms with Crippen molar-refractivity contribution in [1.29, 1.82) is 0 Å². The lowest BCUT2D eigenvalue weighted by Crippen LogP contribution is -1.70. The fraction of sp³-hybridized carbons (Fsp3) is 1.00. The number of hydrogen-bond donors (Lipinski definition) is 1. The molecule has 0 radical (unpaired) electrons. The summed E-state index contributed by atoms with van der Waals surface area (Å²) < 4.78 is 0. The van der Waals surface area contributed by atoms with Crippen molar-refractivity contribution in [3.8, 4) is 0 Å². The average molecular weight is 199 g/mol. The Balaban J connectivity index is 3.70. The van der Waals surface area contributed by atoms with Crippen LogP contribution < -0.4 is 5.84 Å². The molecule has 0 saturated carbocycles. The lowest BCUT2D eigenvalue weighted by molar-refractivity contribution is 0.757. The highest BCUT2D eigenvalue weighted by Gasteiger charge is 1.67. The molecule has 14 heavy (non-hydrogen) atoms. The number of hydrogen-bond acceptors (Lipinski definition) is 2. The molecule has 0 amide bonds. The van der Waals surface area contributed by atoms with Crippen molar-refractivity contribution in [2.45, 2.75) is 0 Å². The van der Waals surface area contributed by atoms with Gasteiger partial charge in [-0.05, 0) is 52.2 Å². The molecule has 0 aliphatic carbocycles. The maximum Gasteiger partial charge on any atom is 0.0510 e. The lowest BCUT2D eigenvalue weighted by Gasteiger charge is -1.68. The highest BCUT2D eigenvalue weighted by molar-refractivity contribution is 4.11. The van der Waals surface area contributed by atoms with Crippen LogP contribution in [-0.2, 0) is 0 Å². The zero-order valence-corrected chi connectivity index (χ0v) is 6.94. The fourth-order valence-electron chi connectivity index (χ4n) is 0.206. The van der Waals surface area contributed by atoms with Crippen LogP contribution in [0.25, 0.3) is 0 Å². The van der Waals surface area contributed by atoms with E-state index in [9.17, 15) is 0 Å². The van der Waals surface area contributed by atoms with E-state index in [-0.39, 0.29) is 0 Å². The molecule has 0 unspecified atom stereocenters. The molecule has 2 N–H and O–H groups in total. The second kappa shape index (κ2) is 10.4. The van der Waals surface area contributed by atoms with Crippen molar-refractivity contribution in [2.75, 3.05) is 7.05 Å². The maximum absolute atomic E-state index is 4.58. The first kappa shape index (κ1) is 11.4. The van der Waals surface area contributed by atoms with Crippen molar-refractivity contribution in [1.82, 2.24) is 0 Å². The fourth-order valence-corrected chi connectivity index (χ4v) is 0.206. The lowest BCUT2D eigenvalue weighted by atomic mass is 11.6. The molecule has 0 aliphatic rings. The van der Waals surface area contributed by atoms with Gasteiger partial charge in [-0.25, -0.2) is 0 Å². The average Bonchev–Trinajstić information content (AvgIpc) is 2.21. The van der Waals surface area contributed by atoms with Crippen LogP contribution in [-0.4, -0.2) is 7.05 Å². The summed E-state index contributed by atoms with van der Waals surface area (Å²) in [6.45, 7) is 0. The summed E-state index contributed by atoms with van der Waals surface area (Å²) in [5.41, 5.74) is 0. The molecule has 0 aromatic rings. The molecule has 0 bridgehead atoms. The Hall–Kier alpha value is -2.60. The molecule has 0 aromatic carbocycles. The minimum atomic E-state index is 1.42. The highest BCUT2D eigenvalue weighted by Crippen LogP contribution is 1.86. The van der Waals surface area contributed by atoms with Gasteiger partial charge in [0, 0.05) is 0 Å². The molecular weight excluding hydrogens is 194 g/mol. The van der Waals surface area contributed by atoms with Crippen LogP contribution in [0, 0.1) is 0 Å². The van der Waals surface area contributed by atoms with Crippen molar-refractivity contribution in [2.24, 2.45) is 68.4 Å². The van der Waals surface area contributed by atoms with Gasteiger partial charge in [0.05, 0.1) is 7.05 Å². The Morgan fingerprint density at radius 3 is 1.29 bits per heavy atom. The summed E-state index contributed by atoms with van der Waals surface area (Å²) >= 11 is 0. The van der Waals surface area contributed by atoms with E-state index in [2.05, 4.69) is 68.4 Å². The molecule has 13 nitrogen and oxygen atoms in total. The molecule has 0 fully saturated rings. The van der Waals surface area contributed by atoms with Crippen molar-refractivity contribution in [3.05, 3.63) is 0 Å². The number of nitrogens with zero attached hydrogens (tertiary/aromatic N) is 12. The summed E-state index contributed by atoms with van der Waals surface area (Å²) in [4.78, 5) is 0. The van der Waals surface area contributed by atoms with Crippen LogP contribution >= 0.6 is 0 Å². The van der Waals surface area contributed by atoms with Crippen LogP contribution in [0.15, 0.2) is 62.6 Å². The minimum absolute atomic E-state index is 1.42. The van der Waals surface area contributed by atoms with Crippen molar-refractivity contribution < 1.29 is 0 Å². The van der Waals surface area contributed by atoms with Gasteiger partial charge in [-0.3, -0.25) is 0 Å². The van der Waals surface area contributed by atoms with Gasteiger partial charge in [-0.2, -0.15) is 5.11 Å². The Bertz CT molecular complexity index is 246. The Labute approximate surface area is 76.6 Å². The summed E-state index contributed by atoms with van der Waals surface area (Å²) in [6, 6.07) is 0. The molecule has 0 aliphatic heterocycles. The smallest absolute Gasteiger partial charge is 0.0510 e. The normalized spacial score (nSPS) is 14.1. The summed E-state index contributed by atoms with van der Waals surface area (Å²) in [5.74, 6) is 4.58. The molecule has 0 heterocycles. The zero-order chi connectivity index (χ0) is 10.5. The standard InChI is InChI=1S/CH5N13/c1-3-5-7-9-11-13-14-12-10-8-6-4-2/h1H3,(H2,2,3,6,7,10,11,14). The van der Waals surface area contributed by atoms with Gasteiger partial charge in [0.25, 0.3) is 0 Å². The third-order valence-corrected chi connectivity index (χ3v) is 0.501. The van der Waals surface area contributed by atoms with Gasteiger partial charge in [0.2, 0.25) is 0 Å². The van der Waals surface area contributed by atoms with Crippen LogP contribution in [0.5, 0.6) is 0 Å². The SMILES string of the molecule is CN=NN=NN=NN=NN=NN=NN. The van der Waals surface area contributed by atoms with E-state index in [1.54, 1.807) is 0 Å². The van der Waals surface area contributed by atoms with Crippen LogP contribution in [0.2, 0.25) is 0 Å². The molecule has 0 atom stereocenters.